The lowest BCUT2D eigenvalue weighted by atomic mass is 9.81. The van der Waals surface area contributed by atoms with Crippen LogP contribution < -0.4 is 0 Å². The number of carboxylic acids is 1. The molecule has 0 aliphatic heterocycles. The Balaban J connectivity index is 1.97. The Hall–Kier alpha value is -1.45. The van der Waals surface area contributed by atoms with Crippen molar-refractivity contribution in [3.05, 3.63) is 24.3 Å². The molecule has 0 unspecified atom stereocenters. The Bertz CT molecular complexity index is 332. The Morgan fingerprint density at radius 2 is 2.00 bits per heavy atom. The van der Waals surface area contributed by atoms with Crippen molar-refractivity contribution in [1.29, 1.82) is 0 Å². The second-order valence-corrected chi connectivity index (χ2v) is 4.02. The first-order valence-corrected chi connectivity index (χ1v) is 5.26. The maximum absolute atomic E-state index is 10.8. The fourth-order valence-electron chi connectivity index (χ4n) is 2.16. The first-order chi connectivity index (χ1) is 7.27. The van der Waals surface area contributed by atoms with Crippen molar-refractivity contribution >= 4 is 5.97 Å². The largest absolute Gasteiger partial charge is 0.481 e. The van der Waals surface area contributed by atoms with Gasteiger partial charge in [-0.15, -0.1) is 0 Å². The second kappa shape index (κ2) is 4.38. The van der Waals surface area contributed by atoms with E-state index >= 15 is 0 Å². The molecule has 80 valence electrons. The average Bonchev–Trinajstić information content (AvgIpc) is 2.30. The third-order valence-corrected chi connectivity index (χ3v) is 3.08. The molecule has 1 aromatic heterocycles. The molecular weight excluding hydrogens is 192 g/mol. The minimum Gasteiger partial charge on any atom is -0.481 e. The molecule has 4 heteroatoms. The van der Waals surface area contributed by atoms with Gasteiger partial charge in [-0.25, -0.2) is 0 Å². The van der Waals surface area contributed by atoms with Gasteiger partial charge < -0.3 is 5.11 Å². The maximum atomic E-state index is 10.8. The van der Waals surface area contributed by atoms with Gasteiger partial charge in [-0.3, -0.25) is 14.8 Å². The number of hydrogen-bond donors (Lipinski definition) is 1. The molecule has 4 nitrogen and oxygen atoms in total. The van der Waals surface area contributed by atoms with Gasteiger partial charge in [0, 0.05) is 24.5 Å². The molecule has 1 fully saturated rings. The molecule has 2 rings (SSSR count). The lowest BCUT2D eigenvalue weighted by Gasteiger charge is -2.25. The van der Waals surface area contributed by atoms with Crippen molar-refractivity contribution in [3.63, 3.8) is 0 Å². The molecule has 1 aromatic rings. The van der Waals surface area contributed by atoms with Gasteiger partial charge in [0.25, 0.3) is 0 Å². The summed E-state index contributed by atoms with van der Waals surface area (Å²) in [5, 5.41) is 8.87. The van der Waals surface area contributed by atoms with Crippen LogP contribution in [0.1, 0.15) is 37.3 Å². The van der Waals surface area contributed by atoms with Crippen LogP contribution in [0.4, 0.5) is 0 Å². The van der Waals surface area contributed by atoms with Crippen LogP contribution in [0.3, 0.4) is 0 Å². The van der Waals surface area contributed by atoms with E-state index in [0.29, 0.717) is 5.92 Å². The predicted molar refractivity (Wildman–Crippen MR) is 54.4 cm³/mol. The van der Waals surface area contributed by atoms with Crippen molar-refractivity contribution in [3.8, 4) is 0 Å². The van der Waals surface area contributed by atoms with Gasteiger partial charge in [0.15, 0.2) is 0 Å². The number of aromatic nitrogens is 2. The summed E-state index contributed by atoms with van der Waals surface area (Å²) in [4.78, 5) is 19.1. The van der Waals surface area contributed by atoms with Crippen LogP contribution in [-0.4, -0.2) is 21.0 Å². The molecule has 1 saturated carbocycles. The predicted octanol–water partition coefficient (Wildman–Crippen LogP) is 1.83. The maximum Gasteiger partial charge on any atom is 0.306 e. The zero-order chi connectivity index (χ0) is 10.7. The van der Waals surface area contributed by atoms with E-state index < -0.39 is 5.97 Å². The molecule has 1 aliphatic rings. The third-order valence-electron chi connectivity index (χ3n) is 3.08. The highest BCUT2D eigenvalue weighted by molar-refractivity contribution is 5.70. The van der Waals surface area contributed by atoms with E-state index in [1.54, 1.807) is 18.6 Å². The van der Waals surface area contributed by atoms with Crippen molar-refractivity contribution in [2.75, 3.05) is 0 Å². The minimum absolute atomic E-state index is 0.155. The van der Waals surface area contributed by atoms with Crippen LogP contribution in [0.5, 0.6) is 0 Å². The van der Waals surface area contributed by atoms with Gasteiger partial charge in [-0.2, -0.15) is 0 Å². The Kier molecular flexibility index (Phi) is 2.94. The first kappa shape index (κ1) is 10.1. The van der Waals surface area contributed by atoms with Crippen LogP contribution in [0, 0.1) is 5.92 Å². The monoisotopic (exact) mass is 206 g/mol. The van der Waals surface area contributed by atoms with Crippen molar-refractivity contribution in [1.82, 2.24) is 9.97 Å². The number of nitrogens with zero attached hydrogens (tertiary/aromatic N) is 2. The van der Waals surface area contributed by atoms with E-state index in [4.69, 9.17) is 5.11 Å². The van der Waals surface area contributed by atoms with Crippen LogP contribution in [0.2, 0.25) is 0 Å². The lowest BCUT2D eigenvalue weighted by Crippen LogP contribution is -2.20. The molecule has 0 bridgehead atoms. The van der Waals surface area contributed by atoms with Crippen LogP contribution in [0.25, 0.3) is 0 Å². The fourth-order valence-corrected chi connectivity index (χ4v) is 2.16. The molecule has 0 atom stereocenters. The highest BCUT2D eigenvalue weighted by Crippen LogP contribution is 2.34. The zero-order valence-corrected chi connectivity index (χ0v) is 8.47. The molecular formula is C11H14N2O2. The quantitative estimate of drug-likeness (QED) is 0.801. The van der Waals surface area contributed by atoms with Crippen LogP contribution >= 0.6 is 0 Å². The molecule has 0 saturated heterocycles. The van der Waals surface area contributed by atoms with E-state index in [1.807, 2.05) is 0 Å². The lowest BCUT2D eigenvalue weighted by molar-refractivity contribution is -0.142. The summed E-state index contributed by atoms with van der Waals surface area (Å²) in [6.45, 7) is 0. The molecule has 1 heterocycles. The van der Waals surface area contributed by atoms with E-state index in [2.05, 4.69) is 9.97 Å². The number of rotatable bonds is 2. The zero-order valence-electron chi connectivity index (χ0n) is 8.47. The van der Waals surface area contributed by atoms with Crippen molar-refractivity contribution in [2.24, 2.45) is 5.92 Å². The number of hydrogen-bond acceptors (Lipinski definition) is 3. The van der Waals surface area contributed by atoms with Gasteiger partial charge in [0.2, 0.25) is 0 Å². The Labute approximate surface area is 88.4 Å². The van der Waals surface area contributed by atoms with Gasteiger partial charge in [-0.1, -0.05) is 0 Å². The van der Waals surface area contributed by atoms with Crippen molar-refractivity contribution in [2.45, 2.75) is 31.6 Å². The van der Waals surface area contributed by atoms with E-state index in [0.717, 1.165) is 31.4 Å². The van der Waals surface area contributed by atoms with Crippen LogP contribution in [-0.2, 0) is 4.79 Å². The van der Waals surface area contributed by atoms with Crippen LogP contribution in [0.15, 0.2) is 18.6 Å². The van der Waals surface area contributed by atoms with Gasteiger partial charge in [-0.05, 0) is 25.7 Å². The normalized spacial score (nSPS) is 26.1. The standard InChI is InChI=1S/C11H14N2O2/c14-11(15)9-3-1-8(2-4-9)10-7-12-5-6-13-10/h5-9H,1-4H2,(H,14,15). The Morgan fingerprint density at radius 3 is 2.53 bits per heavy atom. The van der Waals surface area contributed by atoms with E-state index in [1.165, 1.54) is 0 Å². The van der Waals surface area contributed by atoms with Gasteiger partial charge in [0.1, 0.15) is 0 Å². The second-order valence-electron chi connectivity index (χ2n) is 4.02. The first-order valence-electron chi connectivity index (χ1n) is 5.26. The fraction of sp³-hybridized carbons (Fsp3) is 0.545. The summed E-state index contributed by atoms with van der Waals surface area (Å²) in [7, 11) is 0. The molecule has 0 radical (unpaired) electrons. The highest BCUT2D eigenvalue weighted by Gasteiger charge is 2.27. The van der Waals surface area contributed by atoms with E-state index in [-0.39, 0.29) is 5.92 Å². The topological polar surface area (TPSA) is 63.1 Å². The summed E-state index contributed by atoms with van der Waals surface area (Å²) in [5.74, 6) is -0.417. The molecule has 1 N–H and O–H groups in total. The summed E-state index contributed by atoms with van der Waals surface area (Å²) in [6, 6.07) is 0. The average molecular weight is 206 g/mol. The molecule has 1 aliphatic carbocycles. The highest BCUT2D eigenvalue weighted by atomic mass is 16.4. The Morgan fingerprint density at radius 1 is 1.27 bits per heavy atom. The van der Waals surface area contributed by atoms with Crippen molar-refractivity contribution < 1.29 is 9.90 Å². The van der Waals surface area contributed by atoms with E-state index in [9.17, 15) is 4.79 Å². The number of aliphatic carboxylic acids is 1. The molecule has 0 spiro atoms. The van der Waals surface area contributed by atoms with Gasteiger partial charge >= 0.3 is 5.97 Å². The molecule has 0 amide bonds. The summed E-state index contributed by atoms with van der Waals surface area (Å²) in [5.41, 5.74) is 1.00. The number of carboxylic acid groups (broad SMARTS) is 1. The third kappa shape index (κ3) is 2.32. The summed E-state index contributed by atoms with van der Waals surface area (Å²) < 4.78 is 0. The minimum atomic E-state index is -0.660. The van der Waals surface area contributed by atoms with Gasteiger partial charge in [0.05, 0.1) is 11.6 Å². The number of carbonyl (C=O) groups is 1. The smallest absolute Gasteiger partial charge is 0.306 e. The molecule has 15 heavy (non-hydrogen) atoms. The SMILES string of the molecule is O=C(O)C1CCC(c2cnccn2)CC1. The summed E-state index contributed by atoms with van der Waals surface area (Å²) >= 11 is 0. The molecule has 0 aromatic carbocycles. The summed E-state index contributed by atoms with van der Waals surface area (Å²) in [6.07, 6.45) is 8.48.